The third-order valence-electron chi connectivity index (χ3n) is 5.70. The molecule has 0 aromatic heterocycles. The van der Waals surface area contributed by atoms with Gasteiger partial charge in [-0.1, -0.05) is 6.08 Å². The summed E-state index contributed by atoms with van der Waals surface area (Å²) in [5, 5.41) is 9.32. The molecule has 182 valence electrons. The Balaban J connectivity index is 1.57. The zero-order valence-electron chi connectivity index (χ0n) is 20.3. The molecular weight excluding hydrogens is 434 g/mol. The SMILES string of the molecule is Cc1cc(C=CC(=O)c2ccc(OCCN3CCOCC3)cc2)cc(C)c1OC(C)(C)C(=O)O. The van der Waals surface area contributed by atoms with Crippen LogP contribution in [0.15, 0.2) is 42.5 Å². The minimum atomic E-state index is -1.33. The first-order valence-corrected chi connectivity index (χ1v) is 11.4. The summed E-state index contributed by atoms with van der Waals surface area (Å²) >= 11 is 0. The van der Waals surface area contributed by atoms with E-state index in [1.807, 2.05) is 38.1 Å². The van der Waals surface area contributed by atoms with Gasteiger partial charge < -0.3 is 19.3 Å². The number of ketones is 1. The monoisotopic (exact) mass is 467 g/mol. The average molecular weight is 468 g/mol. The number of aliphatic carboxylic acids is 1. The van der Waals surface area contributed by atoms with Gasteiger partial charge in [0.15, 0.2) is 11.4 Å². The van der Waals surface area contributed by atoms with E-state index in [4.69, 9.17) is 14.2 Å². The van der Waals surface area contributed by atoms with Crippen molar-refractivity contribution >= 4 is 17.8 Å². The number of rotatable bonds is 10. The number of carboxylic acid groups (broad SMARTS) is 1. The molecule has 0 saturated carbocycles. The number of benzene rings is 2. The van der Waals surface area contributed by atoms with Gasteiger partial charge in [-0.15, -0.1) is 0 Å². The molecule has 7 heteroatoms. The summed E-state index contributed by atoms with van der Waals surface area (Å²) in [6.07, 6.45) is 3.28. The molecule has 0 amide bonds. The average Bonchev–Trinajstić information content (AvgIpc) is 2.81. The van der Waals surface area contributed by atoms with Crippen LogP contribution >= 0.6 is 0 Å². The fourth-order valence-corrected chi connectivity index (χ4v) is 3.64. The van der Waals surface area contributed by atoms with E-state index in [-0.39, 0.29) is 5.78 Å². The minimum Gasteiger partial charge on any atom is -0.492 e. The number of carboxylic acids is 1. The van der Waals surface area contributed by atoms with E-state index in [1.165, 1.54) is 19.9 Å². The van der Waals surface area contributed by atoms with Crippen molar-refractivity contribution in [3.63, 3.8) is 0 Å². The highest BCUT2D eigenvalue weighted by atomic mass is 16.5. The summed E-state index contributed by atoms with van der Waals surface area (Å²) in [7, 11) is 0. The van der Waals surface area contributed by atoms with E-state index >= 15 is 0 Å². The molecule has 0 unspecified atom stereocenters. The number of morpholine rings is 1. The molecule has 1 saturated heterocycles. The van der Waals surface area contributed by atoms with E-state index in [1.54, 1.807) is 18.2 Å². The van der Waals surface area contributed by atoms with Crippen LogP contribution in [0, 0.1) is 13.8 Å². The third kappa shape index (κ3) is 6.92. The largest absolute Gasteiger partial charge is 0.492 e. The van der Waals surface area contributed by atoms with Crippen LogP contribution in [-0.2, 0) is 9.53 Å². The zero-order chi connectivity index (χ0) is 24.7. The predicted octanol–water partition coefficient (Wildman–Crippen LogP) is 4.15. The number of hydrogen-bond donors (Lipinski definition) is 1. The Labute approximate surface area is 200 Å². The number of hydrogen-bond acceptors (Lipinski definition) is 6. The van der Waals surface area contributed by atoms with E-state index in [9.17, 15) is 14.7 Å². The summed E-state index contributed by atoms with van der Waals surface area (Å²) in [4.78, 5) is 26.3. The standard InChI is InChI=1S/C27H33NO6/c1-19-17-21(18-20(2)25(19)34-27(3,4)26(30)31)5-10-24(29)22-6-8-23(9-7-22)33-16-13-28-11-14-32-15-12-28/h5-10,17-18H,11-16H2,1-4H3,(H,30,31). The molecule has 0 bridgehead atoms. The maximum absolute atomic E-state index is 12.6. The number of allylic oxidation sites excluding steroid dienone is 1. The second-order valence-electron chi connectivity index (χ2n) is 8.93. The highest BCUT2D eigenvalue weighted by Gasteiger charge is 2.30. The lowest BCUT2D eigenvalue weighted by Gasteiger charge is -2.26. The second kappa shape index (κ2) is 11.3. The molecule has 3 rings (SSSR count). The molecule has 1 aliphatic heterocycles. The van der Waals surface area contributed by atoms with Gasteiger partial charge in [0.25, 0.3) is 0 Å². The van der Waals surface area contributed by atoms with Gasteiger partial charge in [0.05, 0.1) is 13.2 Å². The summed E-state index contributed by atoms with van der Waals surface area (Å²) in [5.41, 5.74) is 1.70. The predicted molar refractivity (Wildman–Crippen MR) is 131 cm³/mol. The van der Waals surface area contributed by atoms with E-state index in [2.05, 4.69) is 4.90 Å². The van der Waals surface area contributed by atoms with Crippen LogP contribution in [-0.4, -0.2) is 66.8 Å². The fraction of sp³-hybridized carbons (Fsp3) is 0.407. The van der Waals surface area contributed by atoms with E-state index < -0.39 is 11.6 Å². The van der Waals surface area contributed by atoms with Crippen molar-refractivity contribution in [3.05, 3.63) is 64.7 Å². The van der Waals surface area contributed by atoms with Gasteiger partial charge in [0.1, 0.15) is 18.1 Å². The summed E-state index contributed by atoms with van der Waals surface area (Å²) in [6, 6.07) is 10.9. The molecule has 0 atom stereocenters. The number of carbonyl (C=O) groups excluding carboxylic acids is 1. The first-order chi connectivity index (χ1) is 16.2. The van der Waals surface area contributed by atoms with Crippen molar-refractivity contribution in [1.29, 1.82) is 0 Å². The van der Waals surface area contributed by atoms with Crippen LogP contribution in [0.4, 0.5) is 0 Å². The van der Waals surface area contributed by atoms with Gasteiger partial charge in [-0.3, -0.25) is 9.69 Å². The summed E-state index contributed by atoms with van der Waals surface area (Å²) < 4.78 is 16.9. The Hall–Kier alpha value is -3.16. The van der Waals surface area contributed by atoms with Crippen LogP contribution in [0.25, 0.3) is 6.08 Å². The van der Waals surface area contributed by atoms with E-state index in [0.29, 0.717) is 17.9 Å². The van der Waals surface area contributed by atoms with Gasteiger partial charge in [-0.2, -0.15) is 0 Å². The lowest BCUT2D eigenvalue weighted by atomic mass is 10.0. The molecule has 1 fully saturated rings. The van der Waals surface area contributed by atoms with Crippen molar-refractivity contribution in [2.75, 3.05) is 39.5 Å². The summed E-state index contributed by atoms with van der Waals surface area (Å²) in [5.74, 6) is 0.136. The smallest absolute Gasteiger partial charge is 0.347 e. The Morgan fingerprint density at radius 3 is 2.29 bits per heavy atom. The van der Waals surface area contributed by atoms with Gasteiger partial charge in [-0.25, -0.2) is 4.79 Å². The number of carbonyl (C=O) groups is 2. The third-order valence-corrected chi connectivity index (χ3v) is 5.70. The van der Waals surface area contributed by atoms with Crippen LogP contribution < -0.4 is 9.47 Å². The molecule has 1 heterocycles. The molecule has 7 nitrogen and oxygen atoms in total. The first kappa shape index (κ1) is 25.5. The van der Waals surface area contributed by atoms with Gasteiger partial charge in [-0.05, 0) is 86.9 Å². The maximum atomic E-state index is 12.6. The van der Waals surface area contributed by atoms with Crippen molar-refractivity contribution in [3.8, 4) is 11.5 Å². The van der Waals surface area contributed by atoms with Gasteiger partial charge in [0.2, 0.25) is 0 Å². The second-order valence-corrected chi connectivity index (χ2v) is 8.93. The molecule has 0 aliphatic carbocycles. The lowest BCUT2D eigenvalue weighted by Crippen LogP contribution is -2.38. The molecule has 1 aliphatic rings. The molecule has 0 radical (unpaired) electrons. The topological polar surface area (TPSA) is 85.3 Å². The van der Waals surface area contributed by atoms with Crippen molar-refractivity contribution in [2.24, 2.45) is 0 Å². The molecular formula is C27H33NO6. The van der Waals surface area contributed by atoms with Crippen LogP contribution in [0.3, 0.4) is 0 Å². The Morgan fingerprint density at radius 2 is 1.71 bits per heavy atom. The molecule has 34 heavy (non-hydrogen) atoms. The molecule has 2 aromatic rings. The van der Waals surface area contributed by atoms with Crippen molar-refractivity contribution < 1.29 is 28.9 Å². The first-order valence-electron chi connectivity index (χ1n) is 11.4. The van der Waals surface area contributed by atoms with Gasteiger partial charge in [0, 0.05) is 25.2 Å². The fourth-order valence-electron chi connectivity index (χ4n) is 3.64. The Bertz CT molecular complexity index is 1010. The highest BCUT2D eigenvalue weighted by molar-refractivity contribution is 6.06. The summed E-state index contributed by atoms with van der Waals surface area (Å²) in [6.45, 7) is 11.6. The van der Waals surface area contributed by atoms with Crippen LogP contribution in [0.5, 0.6) is 11.5 Å². The quantitative estimate of drug-likeness (QED) is 0.415. The maximum Gasteiger partial charge on any atom is 0.347 e. The van der Waals surface area contributed by atoms with Crippen LogP contribution in [0.1, 0.15) is 40.9 Å². The lowest BCUT2D eigenvalue weighted by molar-refractivity contribution is -0.152. The Morgan fingerprint density at radius 1 is 1.09 bits per heavy atom. The molecule has 0 spiro atoms. The number of nitrogens with zero attached hydrogens (tertiary/aromatic N) is 1. The number of ether oxygens (including phenoxy) is 3. The van der Waals surface area contributed by atoms with Gasteiger partial charge >= 0.3 is 5.97 Å². The number of aryl methyl sites for hydroxylation is 2. The minimum absolute atomic E-state index is 0.109. The van der Waals surface area contributed by atoms with Crippen LogP contribution in [0.2, 0.25) is 0 Å². The zero-order valence-corrected chi connectivity index (χ0v) is 20.3. The van der Waals surface area contributed by atoms with Crippen molar-refractivity contribution in [1.82, 2.24) is 4.90 Å². The molecule has 1 N–H and O–H groups in total. The van der Waals surface area contributed by atoms with Crippen molar-refractivity contribution in [2.45, 2.75) is 33.3 Å². The van der Waals surface area contributed by atoms with E-state index in [0.717, 1.165) is 55.3 Å². The molecule has 2 aromatic carbocycles. The normalized spacial score (nSPS) is 14.8. The highest BCUT2D eigenvalue weighted by Crippen LogP contribution is 2.29. The Kier molecular flexibility index (Phi) is 8.47.